The van der Waals surface area contributed by atoms with E-state index in [2.05, 4.69) is 10.3 Å². The van der Waals surface area contributed by atoms with Crippen molar-refractivity contribution in [3.63, 3.8) is 0 Å². The van der Waals surface area contributed by atoms with E-state index < -0.39 is 0 Å². The van der Waals surface area contributed by atoms with E-state index in [1.165, 1.54) is 23.4 Å². The lowest BCUT2D eigenvalue weighted by atomic mass is 10.2. The number of nitrogens with zero attached hydrogens (tertiary/aromatic N) is 2. The first-order valence-corrected chi connectivity index (χ1v) is 9.71. The summed E-state index contributed by atoms with van der Waals surface area (Å²) in [5.74, 6) is 1.10. The summed E-state index contributed by atoms with van der Waals surface area (Å²) >= 11 is 1.21. The second-order valence-corrected chi connectivity index (χ2v) is 6.78. The number of thioether (sulfide) groups is 1. The van der Waals surface area contributed by atoms with Crippen molar-refractivity contribution in [2.75, 3.05) is 26.5 Å². The monoisotopic (exact) mass is 399 g/mol. The molecule has 8 heteroatoms. The van der Waals surface area contributed by atoms with Gasteiger partial charge in [-0.2, -0.15) is 0 Å². The highest BCUT2D eigenvalue weighted by molar-refractivity contribution is 7.99. The zero-order chi connectivity index (χ0) is 20.1. The first kappa shape index (κ1) is 19.8. The Bertz CT molecular complexity index is 1060. The number of amides is 1. The third-order valence-electron chi connectivity index (χ3n) is 4.08. The Morgan fingerprint density at radius 3 is 2.61 bits per heavy atom. The Balaban J connectivity index is 2.16. The van der Waals surface area contributed by atoms with E-state index in [1.807, 2.05) is 13.0 Å². The molecule has 0 bridgehead atoms. The van der Waals surface area contributed by atoms with Crippen LogP contribution in [0.2, 0.25) is 0 Å². The van der Waals surface area contributed by atoms with Crippen molar-refractivity contribution < 1.29 is 14.3 Å². The van der Waals surface area contributed by atoms with Crippen LogP contribution < -0.4 is 20.3 Å². The molecule has 0 spiro atoms. The van der Waals surface area contributed by atoms with E-state index in [0.29, 0.717) is 39.8 Å². The van der Waals surface area contributed by atoms with Gasteiger partial charge < -0.3 is 14.8 Å². The molecule has 7 nitrogen and oxygen atoms in total. The van der Waals surface area contributed by atoms with Gasteiger partial charge in [0.15, 0.2) is 16.7 Å². The van der Waals surface area contributed by atoms with Crippen LogP contribution in [-0.4, -0.2) is 42.0 Å². The Hall–Kier alpha value is -3.00. The second kappa shape index (κ2) is 8.79. The van der Waals surface area contributed by atoms with Crippen molar-refractivity contribution >= 4 is 28.6 Å². The van der Waals surface area contributed by atoms with Gasteiger partial charge in [0.1, 0.15) is 0 Å². The molecule has 0 radical (unpaired) electrons. The summed E-state index contributed by atoms with van der Waals surface area (Å²) < 4.78 is 12.1. The van der Waals surface area contributed by atoms with Crippen LogP contribution in [0, 0.1) is 0 Å². The summed E-state index contributed by atoms with van der Waals surface area (Å²) in [6.45, 7) is 2.41. The fourth-order valence-corrected chi connectivity index (χ4v) is 3.62. The highest BCUT2D eigenvalue weighted by Gasteiger charge is 2.16. The molecule has 0 saturated heterocycles. The van der Waals surface area contributed by atoms with Crippen molar-refractivity contribution in [2.45, 2.75) is 12.1 Å². The molecule has 0 unspecified atom stereocenters. The Morgan fingerprint density at radius 1 is 1.14 bits per heavy atom. The number of carbonyl (C=O) groups excluding carboxylic acids is 1. The van der Waals surface area contributed by atoms with Crippen LogP contribution in [0.25, 0.3) is 16.6 Å². The molecule has 1 amide bonds. The lowest BCUT2D eigenvalue weighted by Gasteiger charge is -2.15. The molecule has 0 fully saturated rings. The molecule has 0 aliphatic heterocycles. The number of hydrogen-bond acceptors (Lipinski definition) is 6. The van der Waals surface area contributed by atoms with Gasteiger partial charge in [-0.25, -0.2) is 4.98 Å². The number of hydrogen-bond donors (Lipinski definition) is 1. The third-order valence-corrected chi connectivity index (χ3v) is 5.02. The Labute approximate surface area is 166 Å². The van der Waals surface area contributed by atoms with Crippen LogP contribution in [0.4, 0.5) is 0 Å². The largest absolute Gasteiger partial charge is 0.493 e. The highest BCUT2D eigenvalue weighted by Crippen LogP contribution is 2.30. The quantitative estimate of drug-likeness (QED) is 0.486. The summed E-state index contributed by atoms with van der Waals surface area (Å²) in [6.07, 6.45) is 0. The molecule has 0 aliphatic carbocycles. The molecule has 2 aromatic carbocycles. The summed E-state index contributed by atoms with van der Waals surface area (Å²) in [5.41, 5.74) is 0.957. The first-order chi connectivity index (χ1) is 13.6. The predicted octanol–water partition coefficient (Wildman–Crippen LogP) is 2.63. The van der Waals surface area contributed by atoms with Gasteiger partial charge >= 0.3 is 0 Å². The highest BCUT2D eigenvalue weighted by atomic mass is 32.2. The first-order valence-electron chi connectivity index (χ1n) is 8.72. The van der Waals surface area contributed by atoms with Crippen LogP contribution in [-0.2, 0) is 4.79 Å². The number of benzene rings is 2. The van der Waals surface area contributed by atoms with Crippen molar-refractivity contribution in [2.24, 2.45) is 0 Å². The second-order valence-electron chi connectivity index (χ2n) is 5.83. The molecular formula is C20H21N3O4S. The fraction of sp³-hybridized carbons (Fsp3) is 0.250. The summed E-state index contributed by atoms with van der Waals surface area (Å²) in [4.78, 5) is 29.7. The number of para-hydroxylation sites is 1. The normalized spacial score (nSPS) is 10.7. The van der Waals surface area contributed by atoms with Crippen LogP contribution in [0.3, 0.4) is 0 Å². The summed E-state index contributed by atoms with van der Waals surface area (Å²) in [5, 5.41) is 3.68. The minimum atomic E-state index is -0.212. The molecule has 0 atom stereocenters. The van der Waals surface area contributed by atoms with Gasteiger partial charge in [0.2, 0.25) is 5.91 Å². The topological polar surface area (TPSA) is 82.5 Å². The van der Waals surface area contributed by atoms with Crippen LogP contribution in [0.5, 0.6) is 11.5 Å². The van der Waals surface area contributed by atoms with Crippen LogP contribution >= 0.6 is 11.8 Å². The van der Waals surface area contributed by atoms with Crippen LogP contribution in [0.15, 0.2) is 52.4 Å². The molecule has 3 rings (SSSR count). The van der Waals surface area contributed by atoms with Gasteiger partial charge in [-0.1, -0.05) is 23.9 Å². The lowest BCUT2D eigenvalue weighted by molar-refractivity contribution is -0.118. The number of methoxy groups -OCH3 is 2. The van der Waals surface area contributed by atoms with Gasteiger partial charge in [0.25, 0.3) is 5.56 Å². The van der Waals surface area contributed by atoms with Gasteiger partial charge in [0.05, 0.1) is 36.6 Å². The smallest absolute Gasteiger partial charge is 0.266 e. The predicted molar refractivity (Wildman–Crippen MR) is 110 cm³/mol. The standard InChI is InChI=1S/C20H21N3O4S/c1-4-21-18(24)12-28-20-22-15-8-6-5-7-14(15)19(25)23(20)13-9-10-16(26-2)17(11-13)27-3/h5-11H,4,12H2,1-3H3,(H,21,24). The molecule has 1 heterocycles. The molecule has 1 aromatic heterocycles. The molecule has 1 N–H and O–H groups in total. The molecule has 0 saturated carbocycles. The SMILES string of the molecule is CCNC(=O)CSc1nc2ccccc2c(=O)n1-c1ccc(OC)c(OC)c1. The number of carbonyl (C=O) groups is 1. The molecular weight excluding hydrogens is 378 g/mol. The van der Waals surface area contributed by atoms with Gasteiger partial charge in [0, 0.05) is 12.6 Å². The minimum absolute atomic E-state index is 0.117. The maximum absolute atomic E-state index is 13.2. The number of fused-ring (bicyclic) bond motifs is 1. The minimum Gasteiger partial charge on any atom is -0.493 e. The average Bonchev–Trinajstić information content (AvgIpc) is 2.72. The maximum Gasteiger partial charge on any atom is 0.266 e. The van der Waals surface area contributed by atoms with E-state index in [1.54, 1.807) is 43.5 Å². The summed E-state index contributed by atoms with van der Waals surface area (Å²) in [7, 11) is 3.09. The number of ether oxygens (including phenoxy) is 2. The lowest BCUT2D eigenvalue weighted by Crippen LogP contribution is -2.26. The number of nitrogens with one attached hydrogen (secondary N) is 1. The molecule has 28 heavy (non-hydrogen) atoms. The van der Waals surface area contributed by atoms with Crippen molar-refractivity contribution in [1.82, 2.24) is 14.9 Å². The van der Waals surface area contributed by atoms with E-state index in [9.17, 15) is 9.59 Å². The van der Waals surface area contributed by atoms with E-state index in [4.69, 9.17) is 9.47 Å². The molecule has 0 aliphatic rings. The van der Waals surface area contributed by atoms with Crippen molar-refractivity contribution in [1.29, 1.82) is 0 Å². The fourth-order valence-electron chi connectivity index (χ4n) is 2.78. The van der Waals surface area contributed by atoms with Gasteiger partial charge in [-0.05, 0) is 31.2 Å². The van der Waals surface area contributed by atoms with Crippen molar-refractivity contribution in [3.8, 4) is 17.2 Å². The van der Waals surface area contributed by atoms with E-state index in [-0.39, 0.29) is 17.2 Å². The molecule has 146 valence electrons. The Kier molecular flexibility index (Phi) is 6.20. The van der Waals surface area contributed by atoms with Gasteiger partial charge in [-0.3, -0.25) is 14.2 Å². The third kappa shape index (κ3) is 3.96. The zero-order valence-electron chi connectivity index (χ0n) is 15.9. The summed E-state index contributed by atoms with van der Waals surface area (Å²) in [6, 6.07) is 12.3. The Morgan fingerprint density at radius 2 is 1.89 bits per heavy atom. The number of aromatic nitrogens is 2. The van der Waals surface area contributed by atoms with Gasteiger partial charge in [-0.15, -0.1) is 0 Å². The van der Waals surface area contributed by atoms with E-state index in [0.717, 1.165) is 0 Å². The molecule has 3 aromatic rings. The van der Waals surface area contributed by atoms with Crippen molar-refractivity contribution in [3.05, 3.63) is 52.8 Å². The zero-order valence-corrected chi connectivity index (χ0v) is 16.7. The van der Waals surface area contributed by atoms with Crippen LogP contribution in [0.1, 0.15) is 6.92 Å². The average molecular weight is 399 g/mol. The number of rotatable bonds is 7. The maximum atomic E-state index is 13.2. The van der Waals surface area contributed by atoms with E-state index >= 15 is 0 Å².